The third kappa shape index (κ3) is 7.57. The van der Waals surface area contributed by atoms with Crippen LogP contribution in [0.25, 0.3) is 0 Å². The third-order valence-corrected chi connectivity index (χ3v) is 3.68. The fourth-order valence-electron chi connectivity index (χ4n) is 2.32. The Labute approximate surface area is 156 Å². The highest BCUT2D eigenvalue weighted by Gasteiger charge is 1.99. The molecule has 0 atom stereocenters. The van der Waals surface area contributed by atoms with Crippen LogP contribution in [-0.4, -0.2) is 32.3 Å². The standard InChI is InChI=1S/C21H29N3O2/c1-3-22-21(23-14-15-25-4-2)24-16-18-10-12-19(13-11-18)17-26-20-8-6-5-7-9-20/h5-13H,3-4,14-17H2,1-2H3,(H2,22,23,24). The predicted octanol–water partition coefficient (Wildman–Crippen LogP) is 3.36. The van der Waals surface area contributed by atoms with Crippen LogP contribution < -0.4 is 15.4 Å². The van der Waals surface area contributed by atoms with Crippen LogP contribution in [-0.2, 0) is 17.9 Å². The summed E-state index contributed by atoms with van der Waals surface area (Å²) in [6.07, 6.45) is 0. The van der Waals surface area contributed by atoms with Crippen LogP contribution in [0.5, 0.6) is 5.75 Å². The van der Waals surface area contributed by atoms with Gasteiger partial charge < -0.3 is 20.1 Å². The molecule has 2 rings (SSSR count). The molecule has 2 N–H and O–H groups in total. The highest BCUT2D eigenvalue weighted by Crippen LogP contribution is 2.12. The van der Waals surface area contributed by atoms with Gasteiger partial charge in [-0.1, -0.05) is 42.5 Å². The molecule has 0 fully saturated rings. The van der Waals surface area contributed by atoms with Crippen LogP contribution >= 0.6 is 0 Å². The zero-order valence-electron chi connectivity index (χ0n) is 15.7. The van der Waals surface area contributed by atoms with Gasteiger partial charge in [0.25, 0.3) is 0 Å². The van der Waals surface area contributed by atoms with Gasteiger partial charge in [-0.2, -0.15) is 0 Å². The maximum absolute atomic E-state index is 5.77. The summed E-state index contributed by atoms with van der Waals surface area (Å²) in [6, 6.07) is 18.2. The molecule has 0 aliphatic carbocycles. The van der Waals surface area contributed by atoms with E-state index in [0.717, 1.165) is 42.5 Å². The highest BCUT2D eigenvalue weighted by atomic mass is 16.5. The average molecular weight is 355 g/mol. The summed E-state index contributed by atoms with van der Waals surface area (Å²) >= 11 is 0. The van der Waals surface area contributed by atoms with Crippen molar-refractivity contribution in [1.82, 2.24) is 10.6 Å². The Morgan fingerprint density at radius 1 is 0.923 bits per heavy atom. The molecule has 5 nitrogen and oxygen atoms in total. The lowest BCUT2D eigenvalue weighted by atomic mass is 10.1. The van der Waals surface area contributed by atoms with E-state index in [-0.39, 0.29) is 0 Å². The first kappa shape index (κ1) is 19.8. The maximum atomic E-state index is 5.77. The molecule has 0 saturated carbocycles. The van der Waals surface area contributed by atoms with Crippen LogP contribution in [0, 0.1) is 0 Å². The number of nitrogens with one attached hydrogen (secondary N) is 2. The van der Waals surface area contributed by atoms with E-state index < -0.39 is 0 Å². The van der Waals surface area contributed by atoms with E-state index in [1.165, 1.54) is 0 Å². The Morgan fingerprint density at radius 3 is 2.35 bits per heavy atom. The van der Waals surface area contributed by atoms with Gasteiger partial charge in [0.15, 0.2) is 5.96 Å². The molecule has 0 aliphatic heterocycles. The van der Waals surface area contributed by atoms with Gasteiger partial charge in [-0.25, -0.2) is 4.99 Å². The van der Waals surface area contributed by atoms with Crippen molar-refractivity contribution in [3.05, 3.63) is 65.7 Å². The van der Waals surface area contributed by atoms with Gasteiger partial charge in [0.2, 0.25) is 0 Å². The molecule has 0 bridgehead atoms. The summed E-state index contributed by atoms with van der Waals surface area (Å²) in [6.45, 7) is 8.23. The lowest BCUT2D eigenvalue weighted by Gasteiger charge is -2.11. The minimum absolute atomic E-state index is 0.565. The van der Waals surface area contributed by atoms with Gasteiger partial charge in [0.1, 0.15) is 12.4 Å². The predicted molar refractivity (Wildman–Crippen MR) is 107 cm³/mol. The van der Waals surface area contributed by atoms with E-state index >= 15 is 0 Å². The van der Waals surface area contributed by atoms with E-state index in [1.54, 1.807) is 0 Å². The maximum Gasteiger partial charge on any atom is 0.191 e. The molecule has 2 aromatic rings. The Morgan fingerprint density at radius 2 is 1.65 bits per heavy atom. The zero-order valence-corrected chi connectivity index (χ0v) is 15.7. The van der Waals surface area contributed by atoms with Crippen molar-refractivity contribution in [2.45, 2.75) is 27.0 Å². The Hall–Kier alpha value is -2.53. The van der Waals surface area contributed by atoms with Gasteiger partial charge in [-0.05, 0) is 37.1 Å². The molecule has 5 heteroatoms. The van der Waals surface area contributed by atoms with Crippen molar-refractivity contribution in [3.8, 4) is 5.75 Å². The second-order valence-corrected chi connectivity index (χ2v) is 5.74. The summed E-state index contributed by atoms with van der Waals surface area (Å²) < 4.78 is 11.1. The number of hydrogen-bond donors (Lipinski definition) is 2. The molecule has 140 valence electrons. The second-order valence-electron chi connectivity index (χ2n) is 5.74. The van der Waals surface area contributed by atoms with Crippen molar-refractivity contribution in [1.29, 1.82) is 0 Å². The van der Waals surface area contributed by atoms with Crippen LogP contribution in [0.1, 0.15) is 25.0 Å². The van der Waals surface area contributed by atoms with E-state index in [2.05, 4.69) is 46.8 Å². The first-order valence-electron chi connectivity index (χ1n) is 9.17. The van der Waals surface area contributed by atoms with Crippen molar-refractivity contribution in [2.24, 2.45) is 4.99 Å². The quantitative estimate of drug-likeness (QED) is 0.390. The smallest absolute Gasteiger partial charge is 0.191 e. The first-order chi connectivity index (χ1) is 12.8. The van der Waals surface area contributed by atoms with Crippen LogP contribution in [0.2, 0.25) is 0 Å². The number of guanidine groups is 1. The minimum Gasteiger partial charge on any atom is -0.489 e. The Bertz CT molecular complexity index is 642. The van der Waals surface area contributed by atoms with E-state index in [4.69, 9.17) is 9.47 Å². The minimum atomic E-state index is 0.565. The molecule has 26 heavy (non-hydrogen) atoms. The van der Waals surface area contributed by atoms with Gasteiger partial charge in [0, 0.05) is 19.7 Å². The van der Waals surface area contributed by atoms with Gasteiger partial charge in [0.05, 0.1) is 13.2 Å². The third-order valence-electron chi connectivity index (χ3n) is 3.68. The normalized spacial score (nSPS) is 11.2. The summed E-state index contributed by atoms with van der Waals surface area (Å²) in [5.41, 5.74) is 2.30. The molecule has 0 saturated heterocycles. The number of benzene rings is 2. The van der Waals surface area contributed by atoms with Gasteiger partial charge >= 0.3 is 0 Å². The molecular formula is C21H29N3O2. The molecule has 0 spiro atoms. The highest BCUT2D eigenvalue weighted by molar-refractivity contribution is 5.79. The van der Waals surface area contributed by atoms with Crippen molar-refractivity contribution < 1.29 is 9.47 Å². The number of ether oxygens (including phenoxy) is 2. The molecule has 2 aromatic carbocycles. The topological polar surface area (TPSA) is 54.9 Å². The summed E-state index contributed by atoms with van der Waals surface area (Å²) in [4.78, 5) is 4.61. The number of aliphatic imine (C=N–C) groups is 1. The average Bonchev–Trinajstić information content (AvgIpc) is 2.69. The number of para-hydroxylation sites is 1. The second kappa shape index (κ2) is 11.9. The Balaban J connectivity index is 1.82. The first-order valence-corrected chi connectivity index (χ1v) is 9.17. The van der Waals surface area contributed by atoms with Gasteiger partial charge in [-0.3, -0.25) is 0 Å². The van der Waals surface area contributed by atoms with Crippen molar-refractivity contribution >= 4 is 5.96 Å². The number of nitrogens with zero attached hydrogens (tertiary/aromatic N) is 1. The van der Waals surface area contributed by atoms with E-state index in [1.807, 2.05) is 37.3 Å². The molecule has 0 aromatic heterocycles. The SMILES string of the molecule is CCNC(=NCc1ccc(COc2ccccc2)cc1)NCCOCC. The summed E-state index contributed by atoms with van der Waals surface area (Å²) in [5, 5.41) is 6.51. The van der Waals surface area contributed by atoms with Crippen molar-refractivity contribution in [3.63, 3.8) is 0 Å². The lowest BCUT2D eigenvalue weighted by molar-refractivity contribution is 0.152. The van der Waals surface area contributed by atoms with Gasteiger partial charge in [-0.15, -0.1) is 0 Å². The lowest BCUT2D eigenvalue weighted by Crippen LogP contribution is -2.39. The van der Waals surface area contributed by atoms with Crippen LogP contribution in [0.15, 0.2) is 59.6 Å². The van der Waals surface area contributed by atoms with Crippen LogP contribution in [0.3, 0.4) is 0 Å². The fourth-order valence-corrected chi connectivity index (χ4v) is 2.32. The fraction of sp³-hybridized carbons (Fsp3) is 0.381. The summed E-state index contributed by atoms with van der Waals surface area (Å²) in [5.74, 6) is 1.69. The molecule has 0 heterocycles. The zero-order chi connectivity index (χ0) is 18.5. The Kier molecular flexibility index (Phi) is 9.08. The molecule has 0 amide bonds. The molecule has 0 radical (unpaired) electrons. The molecular weight excluding hydrogens is 326 g/mol. The monoisotopic (exact) mass is 355 g/mol. The van der Waals surface area contributed by atoms with E-state index in [9.17, 15) is 0 Å². The van der Waals surface area contributed by atoms with Crippen LogP contribution in [0.4, 0.5) is 0 Å². The van der Waals surface area contributed by atoms with E-state index in [0.29, 0.717) is 19.8 Å². The van der Waals surface area contributed by atoms with Crippen molar-refractivity contribution in [2.75, 3.05) is 26.3 Å². The number of hydrogen-bond acceptors (Lipinski definition) is 3. The number of rotatable bonds is 10. The largest absolute Gasteiger partial charge is 0.489 e. The molecule has 0 unspecified atom stereocenters. The molecule has 0 aliphatic rings. The summed E-state index contributed by atoms with van der Waals surface area (Å²) in [7, 11) is 0.